The van der Waals surface area contributed by atoms with Crippen LogP contribution in [0.2, 0.25) is 0 Å². The van der Waals surface area contributed by atoms with Crippen LogP contribution in [0.15, 0.2) is 0 Å². The van der Waals surface area contributed by atoms with Gasteiger partial charge in [-0.25, -0.2) is 4.79 Å². The van der Waals surface area contributed by atoms with Crippen molar-refractivity contribution in [1.82, 2.24) is 10.6 Å². The average molecular weight is 228 g/mol. The van der Waals surface area contributed by atoms with Crippen molar-refractivity contribution in [3.63, 3.8) is 0 Å². The molecule has 1 unspecified atom stereocenters. The molecule has 1 aliphatic heterocycles. The predicted molar refractivity (Wildman–Crippen MR) is 64.4 cm³/mol. The van der Waals surface area contributed by atoms with Crippen molar-refractivity contribution in [2.45, 2.75) is 52.2 Å². The molecule has 1 atom stereocenters. The van der Waals surface area contributed by atoms with Crippen molar-refractivity contribution in [2.75, 3.05) is 13.1 Å². The lowest BCUT2D eigenvalue weighted by Crippen LogP contribution is -2.44. The normalized spacial score (nSPS) is 19.5. The summed E-state index contributed by atoms with van der Waals surface area (Å²) in [6.07, 6.45) is 2.92. The zero-order valence-electron chi connectivity index (χ0n) is 10.6. The second-order valence-electron chi connectivity index (χ2n) is 4.70. The van der Waals surface area contributed by atoms with Gasteiger partial charge in [-0.15, -0.1) is 0 Å². The number of rotatable bonds is 4. The molecule has 0 radical (unpaired) electrons. The number of amides is 1. The van der Waals surface area contributed by atoms with Gasteiger partial charge in [0.15, 0.2) is 0 Å². The van der Waals surface area contributed by atoms with Gasteiger partial charge in [-0.05, 0) is 52.1 Å². The molecule has 0 aliphatic carbocycles. The Labute approximate surface area is 98.1 Å². The molecular formula is C12H24N2O2. The van der Waals surface area contributed by atoms with Crippen LogP contribution in [0.1, 0.15) is 40.0 Å². The van der Waals surface area contributed by atoms with Crippen molar-refractivity contribution in [3.8, 4) is 0 Å². The van der Waals surface area contributed by atoms with E-state index < -0.39 is 0 Å². The molecule has 0 aromatic heterocycles. The Balaban J connectivity index is 2.37. The molecular weight excluding hydrogens is 204 g/mol. The first kappa shape index (κ1) is 13.3. The van der Waals surface area contributed by atoms with E-state index in [0.29, 0.717) is 5.92 Å². The van der Waals surface area contributed by atoms with E-state index in [-0.39, 0.29) is 18.2 Å². The number of alkyl carbamates (subject to hydrolysis) is 1. The second-order valence-corrected chi connectivity index (χ2v) is 4.70. The first-order valence-electron chi connectivity index (χ1n) is 6.31. The Hall–Kier alpha value is -0.770. The third-order valence-corrected chi connectivity index (χ3v) is 3.04. The van der Waals surface area contributed by atoms with Gasteiger partial charge in [0.05, 0.1) is 6.10 Å². The minimum absolute atomic E-state index is 0.0504. The van der Waals surface area contributed by atoms with Gasteiger partial charge in [0.25, 0.3) is 0 Å². The fourth-order valence-corrected chi connectivity index (χ4v) is 2.20. The van der Waals surface area contributed by atoms with E-state index in [0.717, 1.165) is 32.4 Å². The molecule has 1 amide bonds. The van der Waals surface area contributed by atoms with Crippen LogP contribution >= 0.6 is 0 Å². The average Bonchev–Trinajstić information content (AvgIpc) is 2.26. The summed E-state index contributed by atoms with van der Waals surface area (Å²) in [5, 5.41) is 6.31. The Morgan fingerprint density at radius 2 is 2.06 bits per heavy atom. The molecule has 1 heterocycles. The number of piperidine rings is 1. The highest BCUT2D eigenvalue weighted by atomic mass is 16.6. The predicted octanol–water partition coefficient (Wildman–Crippen LogP) is 1.90. The molecule has 2 N–H and O–H groups in total. The van der Waals surface area contributed by atoms with Gasteiger partial charge in [-0.2, -0.15) is 0 Å². The third-order valence-electron chi connectivity index (χ3n) is 3.04. The largest absolute Gasteiger partial charge is 0.447 e. The summed E-state index contributed by atoms with van der Waals surface area (Å²) < 4.78 is 5.11. The lowest BCUT2D eigenvalue weighted by atomic mass is 9.89. The molecule has 1 saturated heterocycles. The van der Waals surface area contributed by atoms with Crippen LogP contribution in [0.4, 0.5) is 4.79 Å². The van der Waals surface area contributed by atoms with Crippen LogP contribution in [0, 0.1) is 5.92 Å². The molecule has 0 aromatic carbocycles. The van der Waals surface area contributed by atoms with Gasteiger partial charge >= 0.3 is 6.09 Å². The molecule has 94 valence electrons. The van der Waals surface area contributed by atoms with Crippen LogP contribution in [0.5, 0.6) is 0 Å². The molecule has 0 spiro atoms. The first-order valence-corrected chi connectivity index (χ1v) is 6.31. The van der Waals surface area contributed by atoms with Crippen molar-refractivity contribution in [3.05, 3.63) is 0 Å². The van der Waals surface area contributed by atoms with Crippen LogP contribution in [-0.2, 0) is 4.74 Å². The monoisotopic (exact) mass is 228 g/mol. The highest BCUT2D eigenvalue weighted by Gasteiger charge is 2.24. The van der Waals surface area contributed by atoms with Gasteiger partial charge in [-0.3, -0.25) is 0 Å². The maximum atomic E-state index is 11.5. The first-order chi connectivity index (χ1) is 7.63. The van der Waals surface area contributed by atoms with Gasteiger partial charge in [0.1, 0.15) is 0 Å². The van der Waals surface area contributed by atoms with E-state index in [2.05, 4.69) is 17.6 Å². The maximum Gasteiger partial charge on any atom is 0.407 e. The molecule has 4 nitrogen and oxygen atoms in total. The molecule has 0 saturated carbocycles. The lowest BCUT2D eigenvalue weighted by Gasteiger charge is -2.30. The Bertz CT molecular complexity index is 213. The van der Waals surface area contributed by atoms with Crippen molar-refractivity contribution in [1.29, 1.82) is 0 Å². The van der Waals surface area contributed by atoms with E-state index in [9.17, 15) is 4.79 Å². The quantitative estimate of drug-likeness (QED) is 0.772. The Morgan fingerprint density at radius 1 is 1.44 bits per heavy atom. The van der Waals surface area contributed by atoms with E-state index in [1.807, 2.05) is 13.8 Å². The summed E-state index contributed by atoms with van der Waals surface area (Å²) in [7, 11) is 0. The number of ether oxygens (including phenoxy) is 1. The third kappa shape index (κ3) is 4.39. The highest BCUT2D eigenvalue weighted by Crippen LogP contribution is 2.18. The van der Waals surface area contributed by atoms with Gasteiger partial charge in [0, 0.05) is 6.04 Å². The van der Waals surface area contributed by atoms with Crippen LogP contribution in [-0.4, -0.2) is 31.3 Å². The number of nitrogens with one attached hydrogen (secondary N) is 2. The maximum absolute atomic E-state index is 11.5. The molecule has 16 heavy (non-hydrogen) atoms. The van der Waals surface area contributed by atoms with E-state index in [4.69, 9.17) is 4.74 Å². The fraction of sp³-hybridized carbons (Fsp3) is 0.917. The summed E-state index contributed by atoms with van der Waals surface area (Å²) in [4.78, 5) is 11.5. The summed E-state index contributed by atoms with van der Waals surface area (Å²) in [6, 6.07) is 0.258. The van der Waals surface area contributed by atoms with Crippen molar-refractivity contribution < 1.29 is 9.53 Å². The zero-order chi connectivity index (χ0) is 12.0. The molecule has 0 aromatic rings. The molecule has 1 rings (SSSR count). The van der Waals surface area contributed by atoms with E-state index >= 15 is 0 Å². The van der Waals surface area contributed by atoms with Gasteiger partial charge < -0.3 is 15.4 Å². The SMILES string of the molecule is CCC(NC(=O)OC(C)C)C1CCNCC1. The summed E-state index contributed by atoms with van der Waals surface area (Å²) in [6.45, 7) is 7.96. The van der Waals surface area contributed by atoms with Crippen LogP contribution < -0.4 is 10.6 Å². The van der Waals surface area contributed by atoms with Gasteiger partial charge in [-0.1, -0.05) is 6.92 Å². The van der Waals surface area contributed by atoms with E-state index in [1.165, 1.54) is 0 Å². The standard InChI is InChI=1S/C12H24N2O2/c1-4-11(10-5-7-13-8-6-10)14-12(15)16-9(2)3/h9-11,13H,4-8H2,1-3H3,(H,14,15). The molecule has 1 fully saturated rings. The number of hydrogen-bond acceptors (Lipinski definition) is 3. The highest BCUT2D eigenvalue weighted by molar-refractivity contribution is 5.67. The zero-order valence-corrected chi connectivity index (χ0v) is 10.6. The second kappa shape index (κ2) is 6.74. The van der Waals surface area contributed by atoms with Crippen LogP contribution in [0.3, 0.4) is 0 Å². The van der Waals surface area contributed by atoms with Crippen molar-refractivity contribution >= 4 is 6.09 Å². The van der Waals surface area contributed by atoms with E-state index in [1.54, 1.807) is 0 Å². The lowest BCUT2D eigenvalue weighted by molar-refractivity contribution is 0.107. The minimum Gasteiger partial charge on any atom is -0.447 e. The Kier molecular flexibility index (Phi) is 5.60. The summed E-state index contributed by atoms with van der Waals surface area (Å²) in [5.41, 5.74) is 0. The van der Waals surface area contributed by atoms with Crippen LogP contribution in [0.25, 0.3) is 0 Å². The smallest absolute Gasteiger partial charge is 0.407 e. The molecule has 0 bridgehead atoms. The Morgan fingerprint density at radius 3 is 2.56 bits per heavy atom. The number of carbonyl (C=O) groups excluding carboxylic acids is 1. The minimum atomic E-state index is -0.277. The van der Waals surface area contributed by atoms with Gasteiger partial charge in [0.2, 0.25) is 0 Å². The number of carbonyl (C=O) groups is 1. The summed E-state index contributed by atoms with van der Waals surface area (Å²) in [5.74, 6) is 0.589. The number of hydrogen-bond donors (Lipinski definition) is 2. The molecule has 4 heteroatoms. The van der Waals surface area contributed by atoms with Crippen molar-refractivity contribution in [2.24, 2.45) is 5.92 Å². The summed E-state index contributed by atoms with van der Waals surface area (Å²) >= 11 is 0. The fourth-order valence-electron chi connectivity index (χ4n) is 2.20. The molecule has 1 aliphatic rings. The topological polar surface area (TPSA) is 50.4 Å².